The molecule has 0 amide bonds. The van der Waals surface area contributed by atoms with Gasteiger partial charge < -0.3 is 15.2 Å². The van der Waals surface area contributed by atoms with Crippen LogP contribution in [0.1, 0.15) is 34.8 Å². The van der Waals surface area contributed by atoms with Gasteiger partial charge in [-0.1, -0.05) is 19.1 Å². The molecule has 0 atom stereocenters. The summed E-state index contributed by atoms with van der Waals surface area (Å²) in [7, 11) is 0. The minimum Gasteiger partial charge on any atom is -0.492 e. The third-order valence-electron chi connectivity index (χ3n) is 3.43. The van der Waals surface area contributed by atoms with E-state index in [1.54, 1.807) is 12.1 Å². The highest BCUT2D eigenvalue weighted by Gasteiger charge is 2.07. The van der Waals surface area contributed by atoms with E-state index in [9.17, 15) is 4.79 Å². The van der Waals surface area contributed by atoms with Crippen molar-refractivity contribution < 1.29 is 14.6 Å². The Labute approximate surface area is 144 Å². The van der Waals surface area contributed by atoms with E-state index < -0.39 is 5.97 Å². The van der Waals surface area contributed by atoms with Crippen LogP contribution in [0.3, 0.4) is 0 Å². The number of ether oxygens (including phenoxy) is 1. The number of halogens is 1. The van der Waals surface area contributed by atoms with E-state index in [4.69, 9.17) is 9.84 Å². The number of aromatic carboxylic acids is 1. The van der Waals surface area contributed by atoms with E-state index in [1.165, 1.54) is 0 Å². The number of rotatable bonds is 7. The van der Waals surface area contributed by atoms with Gasteiger partial charge in [-0.05, 0) is 64.7 Å². The summed E-state index contributed by atoms with van der Waals surface area (Å²) >= 11 is 3.52. The molecule has 0 fully saturated rings. The molecule has 0 bridgehead atoms. The standard InChI is InChI=1S/C18H20BrNO3/c1-3-8-23-17-7-5-13(9-15(17)19)11-20-16-10-14(18(21)22)6-4-12(16)2/h4-7,9-10,20H,3,8,11H2,1-2H3,(H,21,22). The van der Waals surface area contributed by atoms with E-state index in [1.807, 2.05) is 31.2 Å². The number of carbonyl (C=O) groups is 1. The maximum Gasteiger partial charge on any atom is 0.335 e. The van der Waals surface area contributed by atoms with Crippen LogP contribution in [-0.4, -0.2) is 17.7 Å². The molecule has 2 aromatic rings. The summed E-state index contributed by atoms with van der Waals surface area (Å²) < 4.78 is 6.55. The molecule has 122 valence electrons. The van der Waals surface area contributed by atoms with Crippen molar-refractivity contribution >= 4 is 27.6 Å². The number of hydrogen-bond acceptors (Lipinski definition) is 3. The smallest absolute Gasteiger partial charge is 0.335 e. The second-order valence-electron chi connectivity index (χ2n) is 5.30. The Balaban J connectivity index is 2.07. The average molecular weight is 378 g/mol. The Morgan fingerprint density at radius 3 is 2.70 bits per heavy atom. The molecule has 0 heterocycles. The van der Waals surface area contributed by atoms with Gasteiger partial charge in [-0.2, -0.15) is 0 Å². The van der Waals surface area contributed by atoms with E-state index in [0.717, 1.165) is 33.5 Å². The SMILES string of the molecule is CCCOc1ccc(CNc2cc(C(=O)O)ccc2C)cc1Br. The molecule has 0 saturated carbocycles. The van der Waals surface area contributed by atoms with Crippen LogP contribution >= 0.6 is 15.9 Å². The van der Waals surface area contributed by atoms with Crippen LogP contribution in [0.15, 0.2) is 40.9 Å². The number of hydrogen-bond donors (Lipinski definition) is 2. The first-order valence-electron chi connectivity index (χ1n) is 7.50. The van der Waals surface area contributed by atoms with E-state index in [-0.39, 0.29) is 5.56 Å². The van der Waals surface area contributed by atoms with E-state index in [2.05, 4.69) is 28.2 Å². The van der Waals surface area contributed by atoms with E-state index >= 15 is 0 Å². The van der Waals surface area contributed by atoms with Crippen LogP contribution in [0.25, 0.3) is 0 Å². The number of benzene rings is 2. The fraction of sp³-hybridized carbons (Fsp3) is 0.278. The lowest BCUT2D eigenvalue weighted by molar-refractivity contribution is 0.0697. The Morgan fingerprint density at radius 2 is 2.04 bits per heavy atom. The van der Waals surface area contributed by atoms with Gasteiger partial charge in [0.15, 0.2) is 0 Å². The van der Waals surface area contributed by atoms with Gasteiger partial charge in [0.1, 0.15) is 5.75 Å². The van der Waals surface area contributed by atoms with Crippen LogP contribution in [0, 0.1) is 6.92 Å². The molecule has 0 spiro atoms. The van der Waals surface area contributed by atoms with Crippen LogP contribution in [0.5, 0.6) is 5.75 Å². The Hall–Kier alpha value is -2.01. The fourth-order valence-corrected chi connectivity index (χ4v) is 2.67. The highest BCUT2D eigenvalue weighted by Crippen LogP contribution is 2.27. The van der Waals surface area contributed by atoms with Crippen LogP contribution in [-0.2, 0) is 6.54 Å². The summed E-state index contributed by atoms with van der Waals surface area (Å²) in [5.41, 5.74) is 3.20. The molecule has 2 N–H and O–H groups in total. The molecular weight excluding hydrogens is 358 g/mol. The topological polar surface area (TPSA) is 58.6 Å². The predicted octanol–water partition coefficient (Wildman–Crippen LogP) is 4.86. The van der Waals surface area contributed by atoms with Crippen molar-refractivity contribution in [3.05, 3.63) is 57.6 Å². The molecule has 4 nitrogen and oxygen atoms in total. The summed E-state index contributed by atoms with van der Waals surface area (Å²) in [5, 5.41) is 12.4. The Morgan fingerprint density at radius 1 is 1.26 bits per heavy atom. The van der Waals surface area contributed by atoms with Gasteiger partial charge in [0.05, 0.1) is 16.6 Å². The molecule has 0 aliphatic carbocycles. The lowest BCUT2D eigenvalue weighted by atomic mass is 10.1. The monoisotopic (exact) mass is 377 g/mol. The lowest BCUT2D eigenvalue weighted by Crippen LogP contribution is -2.04. The lowest BCUT2D eigenvalue weighted by Gasteiger charge is -2.12. The van der Waals surface area contributed by atoms with Crippen LogP contribution < -0.4 is 10.1 Å². The molecule has 0 radical (unpaired) electrons. The van der Waals surface area contributed by atoms with Crippen molar-refractivity contribution in [3.63, 3.8) is 0 Å². The van der Waals surface area contributed by atoms with Crippen molar-refractivity contribution in [2.75, 3.05) is 11.9 Å². The van der Waals surface area contributed by atoms with Crippen molar-refractivity contribution in [2.24, 2.45) is 0 Å². The van der Waals surface area contributed by atoms with Gasteiger partial charge in [0.25, 0.3) is 0 Å². The zero-order valence-electron chi connectivity index (χ0n) is 13.2. The van der Waals surface area contributed by atoms with Gasteiger partial charge in [-0.25, -0.2) is 4.79 Å². The van der Waals surface area contributed by atoms with Gasteiger partial charge in [0.2, 0.25) is 0 Å². The molecule has 0 aliphatic heterocycles. The van der Waals surface area contributed by atoms with Gasteiger partial charge in [-0.15, -0.1) is 0 Å². The highest BCUT2D eigenvalue weighted by atomic mass is 79.9. The summed E-state index contributed by atoms with van der Waals surface area (Å²) in [6, 6.07) is 11.0. The van der Waals surface area contributed by atoms with Crippen molar-refractivity contribution in [3.8, 4) is 5.75 Å². The third kappa shape index (κ3) is 4.73. The minimum absolute atomic E-state index is 0.280. The van der Waals surface area contributed by atoms with Crippen molar-refractivity contribution in [1.29, 1.82) is 0 Å². The number of carboxylic acid groups (broad SMARTS) is 1. The zero-order valence-corrected chi connectivity index (χ0v) is 14.8. The number of carboxylic acids is 1. The molecule has 2 aromatic carbocycles. The highest BCUT2D eigenvalue weighted by molar-refractivity contribution is 9.10. The second-order valence-corrected chi connectivity index (χ2v) is 6.16. The van der Waals surface area contributed by atoms with Gasteiger partial charge in [0, 0.05) is 12.2 Å². The molecule has 5 heteroatoms. The Bertz CT molecular complexity index is 701. The minimum atomic E-state index is -0.923. The first-order chi connectivity index (χ1) is 11.0. The summed E-state index contributed by atoms with van der Waals surface area (Å²) in [6.07, 6.45) is 0.967. The quantitative estimate of drug-likeness (QED) is 0.723. The van der Waals surface area contributed by atoms with E-state index in [0.29, 0.717) is 13.2 Å². The van der Waals surface area contributed by atoms with Crippen molar-refractivity contribution in [1.82, 2.24) is 0 Å². The summed E-state index contributed by atoms with van der Waals surface area (Å²) in [6.45, 7) is 5.32. The number of anilines is 1. The fourth-order valence-electron chi connectivity index (χ4n) is 2.13. The maximum atomic E-state index is 11.1. The van der Waals surface area contributed by atoms with Crippen molar-refractivity contribution in [2.45, 2.75) is 26.8 Å². The number of aryl methyl sites for hydroxylation is 1. The first kappa shape index (κ1) is 17.3. The molecule has 0 aliphatic rings. The molecule has 0 aromatic heterocycles. The first-order valence-corrected chi connectivity index (χ1v) is 8.29. The maximum absolute atomic E-state index is 11.1. The Kier molecular flexibility index (Phi) is 6.04. The molecule has 0 unspecified atom stereocenters. The summed E-state index contributed by atoms with van der Waals surface area (Å²) in [5.74, 6) is -0.0899. The third-order valence-corrected chi connectivity index (χ3v) is 4.05. The molecular formula is C18H20BrNO3. The van der Waals surface area contributed by atoms with Crippen LogP contribution in [0.2, 0.25) is 0 Å². The molecule has 0 saturated heterocycles. The van der Waals surface area contributed by atoms with Crippen LogP contribution in [0.4, 0.5) is 5.69 Å². The number of nitrogens with one attached hydrogen (secondary N) is 1. The molecule has 2 rings (SSSR count). The predicted molar refractivity (Wildman–Crippen MR) is 95.4 cm³/mol. The largest absolute Gasteiger partial charge is 0.492 e. The molecule has 23 heavy (non-hydrogen) atoms. The normalized spacial score (nSPS) is 10.4. The second kappa shape index (κ2) is 8.02. The van der Waals surface area contributed by atoms with Gasteiger partial charge in [-0.3, -0.25) is 0 Å². The summed E-state index contributed by atoms with van der Waals surface area (Å²) in [4.78, 5) is 11.1. The zero-order chi connectivity index (χ0) is 16.8. The van der Waals surface area contributed by atoms with Gasteiger partial charge >= 0.3 is 5.97 Å². The average Bonchev–Trinajstić information content (AvgIpc) is 2.53.